The predicted octanol–water partition coefficient (Wildman–Crippen LogP) is 4.71. The molecule has 116 valence electrons. The number of hydrogen-bond acceptors (Lipinski definition) is 3. The average Bonchev–Trinajstić information content (AvgIpc) is 2.74. The van der Waals surface area contributed by atoms with Gasteiger partial charge in [0.15, 0.2) is 5.78 Å². The molecule has 0 amide bonds. The van der Waals surface area contributed by atoms with Crippen LogP contribution in [0.5, 0.6) is 0 Å². The third kappa shape index (κ3) is 2.47. The number of Topliss-reactive ketones (excluding diaryl/α,β-unsaturated/α-hetero) is 1. The number of carbonyl (C=O) groups excluding carboxylic acids is 2. The van der Waals surface area contributed by atoms with E-state index in [1.807, 2.05) is 39.0 Å². The van der Waals surface area contributed by atoms with Crippen LogP contribution >= 0.6 is 15.9 Å². The van der Waals surface area contributed by atoms with Gasteiger partial charge in [-0.1, -0.05) is 22.0 Å². The highest BCUT2D eigenvalue weighted by Gasteiger charge is 2.31. The fourth-order valence-corrected chi connectivity index (χ4v) is 3.54. The van der Waals surface area contributed by atoms with Crippen molar-refractivity contribution >= 4 is 38.7 Å². The first-order chi connectivity index (χ1) is 10.3. The minimum Gasteiger partial charge on any atom is -0.443 e. The Labute approximate surface area is 137 Å². The van der Waals surface area contributed by atoms with Crippen LogP contribution in [0.1, 0.15) is 49.7 Å². The molecule has 3 rings (SSSR count). The van der Waals surface area contributed by atoms with E-state index in [1.54, 1.807) is 0 Å². The van der Waals surface area contributed by atoms with Crippen LogP contribution in [0, 0.1) is 0 Å². The number of hydrogen-bond donors (Lipinski definition) is 0. The zero-order valence-electron chi connectivity index (χ0n) is 12.9. The summed E-state index contributed by atoms with van der Waals surface area (Å²) in [4.78, 5) is 25.1. The molecule has 1 aromatic carbocycles. The molecule has 1 aromatic heterocycles. The number of benzene rings is 1. The fraction of sp³-hybridized carbons (Fsp3) is 0.412. The van der Waals surface area contributed by atoms with Crippen molar-refractivity contribution in [3.8, 4) is 0 Å². The average molecular weight is 364 g/mol. The summed E-state index contributed by atoms with van der Waals surface area (Å²) >= 11 is 3.54. The van der Waals surface area contributed by atoms with Gasteiger partial charge in [0, 0.05) is 16.3 Å². The number of halogens is 1. The Kier molecular flexibility index (Phi) is 3.63. The molecule has 22 heavy (non-hydrogen) atoms. The summed E-state index contributed by atoms with van der Waals surface area (Å²) in [5.74, 6) is 0.00945. The third-order valence-corrected chi connectivity index (χ3v) is 4.38. The number of ether oxygens (including phenoxy) is 1. The summed E-state index contributed by atoms with van der Waals surface area (Å²) in [5, 5.41) is 0.941. The highest BCUT2D eigenvalue weighted by molar-refractivity contribution is 9.10. The Bertz CT molecular complexity index is 783. The maximum Gasteiger partial charge on any atom is 0.419 e. The lowest BCUT2D eigenvalue weighted by Crippen LogP contribution is -2.29. The monoisotopic (exact) mass is 363 g/mol. The van der Waals surface area contributed by atoms with Crippen molar-refractivity contribution in [1.82, 2.24) is 4.57 Å². The number of ketones is 1. The van der Waals surface area contributed by atoms with Gasteiger partial charge in [-0.05, 0) is 51.3 Å². The van der Waals surface area contributed by atoms with E-state index in [4.69, 9.17) is 4.74 Å². The van der Waals surface area contributed by atoms with Gasteiger partial charge >= 0.3 is 6.09 Å². The van der Waals surface area contributed by atoms with Gasteiger partial charge in [-0.2, -0.15) is 0 Å². The first-order valence-electron chi connectivity index (χ1n) is 7.38. The lowest BCUT2D eigenvalue weighted by Gasteiger charge is -2.21. The van der Waals surface area contributed by atoms with Crippen molar-refractivity contribution in [1.29, 1.82) is 0 Å². The van der Waals surface area contributed by atoms with Crippen LogP contribution in [0.3, 0.4) is 0 Å². The molecule has 5 heteroatoms. The van der Waals surface area contributed by atoms with Gasteiger partial charge in [0.2, 0.25) is 0 Å². The Morgan fingerprint density at radius 1 is 1.27 bits per heavy atom. The molecule has 0 atom stereocenters. The highest BCUT2D eigenvalue weighted by atomic mass is 79.9. The second kappa shape index (κ2) is 5.23. The molecule has 4 nitrogen and oxygen atoms in total. The number of carbonyl (C=O) groups is 2. The first kappa shape index (κ1) is 15.3. The normalized spacial score (nSPS) is 15.0. The number of rotatable bonds is 0. The quantitative estimate of drug-likeness (QED) is 0.681. The molecule has 0 unspecified atom stereocenters. The molecule has 0 radical (unpaired) electrons. The Morgan fingerprint density at radius 2 is 2.00 bits per heavy atom. The van der Waals surface area contributed by atoms with Gasteiger partial charge in [-0.3, -0.25) is 4.79 Å². The van der Waals surface area contributed by atoms with Crippen LogP contribution in [0.15, 0.2) is 22.7 Å². The van der Waals surface area contributed by atoms with Gasteiger partial charge in [0.05, 0.1) is 11.2 Å². The molecule has 1 aliphatic rings. The number of fused-ring (bicyclic) bond motifs is 3. The standard InChI is InChI=1S/C17H18BrNO3/c1-17(2,3)22-16(21)19-12-8-5-7-11(18)14(12)10-6-4-9-13(20)15(10)19/h5,7-8H,4,6,9H2,1-3H3. The molecule has 0 saturated heterocycles. The second-order valence-electron chi connectivity index (χ2n) is 6.55. The lowest BCUT2D eigenvalue weighted by molar-refractivity contribution is 0.0534. The molecular weight excluding hydrogens is 346 g/mol. The van der Waals surface area contributed by atoms with Crippen molar-refractivity contribution in [3.63, 3.8) is 0 Å². The molecule has 0 fully saturated rings. The Balaban J connectivity index is 2.29. The minimum absolute atomic E-state index is 0.00945. The number of nitrogens with zero attached hydrogens (tertiary/aromatic N) is 1. The number of aryl methyl sites for hydroxylation is 1. The molecule has 0 saturated carbocycles. The van der Waals surface area contributed by atoms with Crippen molar-refractivity contribution in [2.24, 2.45) is 0 Å². The summed E-state index contributed by atoms with van der Waals surface area (Å²) in [6, 6.07) is 5.65. The molecule has 1 heterocycles. The largest absolute Gasteiger partial charge is 0.443 e. The summed E-state index contributed by atoms with van der Waals surface area (Å²) in [6.45, 7) is 5.46. The SMILES string of the molecule is CC(C)(C)OC(=O)n1c2c(c3c(Br)cccc31)CCCC2=O. The molecule has 2 aromatic rings. The van der Waals surface area contributed by atoms with Gasteiger partial charge in [0.25, 0.3) is 0 Å². The minimum atomic E-state index is -0.607. The summed E-state index contributed by atoms with van der Waals surface area (Å²) in [7, 11) is 0. The van der Waals surface area contributed by atoms with E-state index in [1.165, 1.54) is 4.57 Å². The van der Waals surface area contributed by atoms with E-state index < -0.39 is 11.7 Å². The maximum absolute atomic E-state index is 12.6. The van der Waals surface area contributed by atoms with Crippen LogP contribution in [0.25, 0.3) is 10.9 Å². The zero-order valence-corrected chi connectivity index (χ0v) is 14.5. The fourth-order valence-electron chi connectivity index (χ4n) is 2.95. The summed E-state index contributed by atoms with van der Waals surface area (Å²) in [5.41, 5.74) is 1.56. The molecule has 0 aliphatic heterocycles. The summed E-state index contributed by atoms with van der Waals surface area (Å²) in [6.07, 6.45) is 1.60. The summed E-state index contributed by atoms with van der Waals surface area (Å²) < 4.78 is 7.85. The van der Waals surface area contributed by atoms with E-state index in [-0.39, 0.29) is 5.78 Å². The Hall–Kier alpha value is -1.62. The van der Waals surface area contributed by atoms with Crippen molar-refractivity contribution in [3.05, 3.63) is 33.9 Å². The van der Waals surface area contributed by atoms with Gasteiger partial charge in [-0.15, -0.1) is 0 Å². The van der Waals surface area contributed by atoms with Crippen LogP contribution in [0.4, 0.5) is 4.79 Å². The van der Waals surface area contributed by atoms with Crippen LogP contribution in [-0.2, 0) is 11.2 Å². The lowest BCUT2D eigenvalue weighted by atomic mass is 9.94. The third-order valence-electron chi connectivity index (χ3n) is 3.71. The molecule has 0 spiro atoms. The Morgan fingerprint density at radius 3 is 2.68 bits per heavy atom. The highest BCUT2D eigenvalue weighted by Crippen LogP contribution is 2.36. The molecular formula is C17H18BrNO3. The van der Waals surface area contributed by atoms with E-state index in [0.717, 1.165) is 33.8 Å². The van der Waals surface area contributed by atoms with E-state index in [2.05, 4.69) is 15.9 Å². The smallest absolute Gasteiger partial charge is 0.419 e. The maximum atomic E-state index is 12.6. The zero-order chi connectivity index (χ0) is 16.1. The van der Waals surface area contributed by atoms with E-state index in [9.17, 15) is 9.59 Å². The molecule has 0 bridgehead atoms. The topological polar surface area (TPSA) is 48.3 Å². The van der Waals surface area contributed by atoms with E-state index >= 15 is 0 Å². The van der Waals surface area contributed by atoms with Gasteiger partial charge in [0.1, 0.15) is 5.60 Å². The van der Waals surface area contributed by atoms with Crippen molar-refractivity contribution in [2.45, 2.75) is 45.6 Å². The molecule has 0 N–H and O–H groups in total. The van der Waals surface area contributed by atoms with Crippen LogP contribution in [0.2, 0.25) is 0 Å². The van der Waals surface area contributed by atoms with Crippen LogP contribution < -0.4 is 0 Å². The second-order valence-corrected chi connectivity index (χ2v) is 7.41. The number of aromatic nitrogens is 1. The van der Waals surface area contributed by atoms with Crippen LogP contribution in [-0.4, -0.2) is 22.0 Å². The molecule has 1 aliphatic carbocycles. The van der Waals surface area contributed by atoms with Gasteiger partial charge < -0.3 is 4.74 Å². The first-order valence-corrected chi connectivity index (χ1v) is 8.17. The van der Waals surface area contributed by atoms with Gasteiger partial charge in [-0.25, -0.2) is 9.36 Å². The van der Waals surface area contributed by atoms with Crippen molar-refractivity contribution < 1.29 is 14.3 Å². The predicted molar refractivity (Wildman–Crippen MR) is 88.5 cm³/mol. The van der Waals surface area contributed by atoms with E-state index in [0.29, 0.717) is 12.1 Å². The van der Waals surface area contributed by atoms with Crippen molar-refractivity contribution in [2.75, 3.05) is 0 Å².